The summed E-state index contributed by atoms with van der Waals surface area (Å²) in [6.45, 7) is -0.0588. The number of benzene rings is 2. The molecule has 0 radical (unpaired) electrons. The van der Waals surface area contributed by atoms with Gasteiger partial charge in [0, 0.05) is 23.7 Å². The summed E-state index contributed by atoms with van der Waals surface area (Å²) < 4.78 is 0. The quantitative estimate of drug-likeness (QED) is 0.257. The van der Waals surface area contributed by atoms with Crippen molar-refractivity contribution in [3.8, 4) is 0 Å². The first-order chi connectivity index (χ1) is 17.3. The van der Waals surface area contributed by atoms with Crippen LogP contribution in [0.2, 0.25) is 5.02 Å². The predicted octanol–water partition coefficient (Wildman–Crippen LogP) is 2.96. The lowest BCUT2D eigenvalue weighted by Gasteiger charge is -2.19. The molecule has 0 aliphatic carbocycles. The highest BCUT2D eigenvalue weighted by Crippen LogP contribution is 2.24. The summed E-state index contributed by atoms with van der Waals surface area (Å²) in [5, 5.41) is 17.2. The summed E-state index contributed by atoms with van der Waals surface area (Å²) in [5.74, 6) is -1.27. The Morgan fingerprint density at radius 1 is 1.06 bits per heavy atom. The van der Waals surface area contributed by atoms with E-state index in [1.807, 2.05) is 0 Å². The van der Waals surface area contributed by atoms with E-state index in [0.717, 1.165) is 0 Å². The van der Waals surface area contributed by atoms with Gasteiger partial charge in [-0.3, -0.25) is 14.4 Å². The third kappa shape index (κ3) is 5.65. The predicted molar refractivity (Wildman–Crippen MR) is 132 cm³/mol. The number of rotatable bonds is 7. The normalized spacial score (nSPS) is 11.5. The lowest BCUT2D eigenvalue weighted by atomic mass is 10.1. The lowest BCUT2D eigenvalue weighted by Crippen LogP contribution is -2.37. The van der Waals surface area contributed by atoms with Crippen LogP contribution < -0.4 is 21.5 Å². The van der Waals surface area contributed by atoms with Crippen molar-refractivity contribution >= 4 is 46.2 Å². The van der Waals surface area contributed by atoms with Crippen LogP contribution in [-0.4, -0.2) is 44.5 Å². The molecule has 11 nitrogen and oxygen atoms in total. The number of anilines is 1. The SMILES string of the molecule is O=C(O)NCC(NC(=O)c1ccc(Cl)c(NC(=O)c2cc3cncnc3[nH]c2=O)c1)c1ccccc1. The van der Waals surface area contributed by atoms with E-state index in [4.69, 9.17) is 16.7 Å². The number of carbonyl (C=O) groups is 3. The molecule has 3 amide bonds. The second-order valence-corrected chi connectivity index (χ2v) is 8.02. The van der Waals surface area contributed by atoms with Crippen LogP contribution >= 0.6 is 11.6 Å². The molecule has 2 heterocycles. The third-order valence-electron chi connectivity index (χ3n) is 5.20. The van der Waals surface area contributed by atoms with Gasteiger partial charge in [-0.15, -0.1) is 0 Å². The highest BCUT2D eigenvalue weighted by atomic mass is 35.5. The standard InChI is InChI=1S/C24H19ClN6O5/c25-17-7-6-14(21(32)30-19(11-27-24(35)36)13-4-2-1-3-5-13)9-18(17)29-22(33)16-8-15-10-26-12-28-20(15)31-23(16)34/h1-10,12,19,27H,11H2,(H,29,33)(H,30,32)(H,35,36)(H,26,28,31,34). The molecule has 4 rings (SSSR count). The number of carboxylic acid groups (broad SMARTS) is 1. The number of hydrogen-bond acceptors (Lipinski definition) is 6. The van der Waals surface area contributed by atoms with E-state index in [1.165, 1.54) is 36.8 Å². The van der Waals surface area contributed by atoms with E-state index in [1.54, 1.807) is 30.3 Å². The zero-order chi connectivity index (χ0) is 25.7. The number of H-pyrrole nitrogens is 1. The maximum atomic E-state index is 13.0. The van der Waals surface area contributed by atoms with Gasteiger partial charge in [0.15, 0.2) is 0 Å². The number of hydrogen-bond donors (Lipinski definition) is 5. The van der Waals surface area contributed by atoms with Crippen LogP contribution in [0.25, 0.3) is 11.0 Å². The zero-order valence-electron chi connectivity index (χ0n) is 18.5. The van der Waals surface area contributed by atoms with Crippen LogP contribution in [0.3, 0.4) is 0 Å². The van der Waals surface area contributed by atoms with Crippen LogP contribution in [0.5, 0.6) is 0 Å². The number of fused-ring (bicyclic) bond motifs is 1. The van der Waals surface area contributed by atoms with Crippen LogP contribution in [0, 0.1) is 0 Å². The average Bonchev–Trinajstić information content (AvgIpc) is 2.87. The molecule has 0 fully saturated rings. The summed E-state index contributed by atoms with van der Waals surface area (Å²) in [5.41, 5.74) is 0.410. The van der Waals surface area contributed by atoms with E-state index in [-0.39, 0.29) is 34.0 Å². The van der Waals surface area contributed by atoms with E-state index in [0.29, 0.717) is 10.9 Å². The molecule has 1 unspecified atom stereocenters. The first kappa shape index (κ1) is 24.4. The van der Waals surface area contributed by atoms with Crippen LogP contribution in [0.1, 0.15) is 32.3 Å². The van der Waals surface area contributed by atoms with E-state index >= 15 is 0 Å². The highest BCUT2D eigenvalue weighted by molar-refractivity contribution is 6.34. The Morgan fingerprint density at radius 2 is 1.83 bits per heavy atom. The van der Waals surface area contributed by atoms with Crippen molar-refractivity contribution < 1.29 is 19.5 Å². The Balaban J connectivity index is 1.55. The molecule has 1 atom stereocenters. The number of pyridine rings is 1. The molecule has 36 heavy (non-hydrogen) atoms. The van der Waals surface area contributed by atoms with Crippen molar-refractivity contribution in [2.45, 2.75) is 6.04 Å². The second-order valence-electron chi connectivity index (χ2n) is 7.61. The van der Waals surface area contributed by atoms with Gasteiger partial charge in [-0.1, -0.05) is 41.9 Å². The van der Waals surface area contributed by atoms with Gasteiger partial charge in [-0.05, 0) is 29.8 Å². The fourth-order valence-electron chi connectivity index (χ4n) is 3.44. The van der Waals surface area contributed by atoms with Gasteiger partial charge in [0.1, 0.15) is 17.5 Å². The molecular formula is C24H19ClN6O5. The number of aromatic amines is 1. The van der Waals surface area contributed by atoms with Gasteiger partial charge in [-0.2, -0.15) is 0 Å². The molecule has 0 aliphatic rings. The molecule has 2 aromatic carbocycles. The van der Waals surface area contributed by atoms with Gasteiger partial charge in [-0.25, -0.2) is 14.8 Å². The molecule has 12 heteroatoms. The van der Waals surface area contributed by atoms with Crippen LogP contribution in [0.15, 0.2) is 71.9 Å². The molecule has 0 spiro atoms. The lowest BCUT2D eigenvalue weighted by molar-refractivity contribution is 0.0934. The number of nitrogens with one attached hydrogen (secondary N) is 4. The summed E-state index contributed by atoms with van der Waals surface area (Å²) >= 11 is 6.23. The fraction of sp³-hybridized carbons (Fsp3) is 0.0833. The minimum absolute atomic E-state index is 0.0588. The molecule has 0 saturated heterocycles. The Hall–Kier alpha value is -4.77. The largest absolute Gasteiger partial charge is 0.465 e. The monoisotopic (exact) mass is 506 g/mol. The van der Waals surface area contributed by atoms with E-state index < -0.39 is 29.5 Å². The molecule has 5 N–H and O–H groups in total. The first-order valence-corrected chi connectivity index (χ1v) is 11.0. The molecule has 2 aromatic heterocycles. The Labute approximate surface area is 208 Å². The third-order valence-corrected chi connectivity index (χ3v) is 5.53. The molecule has 182 valence electrons. The maximum Gasteiger partial charge on any atom is 0.404 e. The maximum absolute atomic E-state index is 13.0. The van der Waals surface area contributed by atoms with Crippen molar-refractivity contribution in [1.29, 1.82) is 0 Å². The summed E-state index contributed by atoms with van der Waals surface area (Å²) in [6.07, 6.45) is 1.50. The van der Waals surface area contributed by atoms with Gasteiger partial charge >= 0.3 is 6.09 Å². The molecule has 0 bridgehead atoms. The van der Waals surface area contributed by atoms with Crippen molar-refractivity contribution in [3.63, 3.8) is 0 Å². The minimum Gasteiger partial charge on any atom is -0.465 e. The van der Waals surface area contributed by atoms with Crippen LogP contribution in [0.4, 0.5) is 10.5 Å². The molecule has 0 saturated carbocycles. The van der Waals surface area contributed by atoms with Crippen molar-refractivity contribution in [1.82, 2.24) is 25.6 Å². The van der Waals surface area contributed by atoms with Gasteiger partial charge in [0.2, 0.25) is 0 Å². The number of nitrogens with zero attached hydrogens (tertiary/aromatic N) is 2. The molecule has 0 aliphatic heterocycles. The van der Waals surface area contributed by atoms with E-state index in [9.17, 15) is 19.2 Å². The van der Waals surface area contributed by atoms with Crippen molar-refractivity contribution in [3.05, 3.63) is 99.2 Å². The Bertz CT molecular complexity index is 1510. The summed E-state index contributed by atoms with van der Waals surface area (Å²) in [6, 6.07) is 13.8. The number of halogens is 1. The Kier molecular flexibility index (Phi) is 7.21. The van der Waals surface area contributed by atoms with E-state index in [2.05, 4.69) is 30.9 Å². The van der Waals surface area contributed by atoms with Crippen molar-refractivity contribution in [2.75, 3.05) is 11.9 Å². The zero-order valence-corrected chi connectivity index (χ0v) is 19.2. The average molecular weight is 507 g/mol. The van der Waals surface area contributed by atoms with Gasteiger partial charge < -0.3 is 26.0 Å². The van der Waals surface area contributed by atoms with Gasteiger partial charge in [0.25, 0.3) is 17.4 Å². The highest BCUT2D eigenvalue weighted by Gasteiger charge is 2.19. The van der Waals surface area contributed by atoms with Crippen LogP contribution in [-0.2, 0) is 0 Å². The number of carbonyl (C=O) groups excluding carboxylic acids is 2. The van der Waals surface area contributed by atoms with Crippen molar-refractivity contribution in [2.24, 2.45) is 0 Å². The fourth-order valence-corrected chi connectivity index (χ4v) is 3.60. The summed E-state index contributed by atoms with van der Waals surface area (Å²) in [4.78, 5) is 59.5. The second kappa shape index (κ2) is 10.7. The van der Waals surface area contributed by atoms with Gasteiger partial charge in [0.05, 0.1) is 16.8 Å². The minimum atomic E-state index is -1.23. The summed E-state index contributed by atoms with van der Waals surface area (Å²) in [7, 11) is 0. The molecule has 4 aromatic rings. The smallest absolute Gasteiger partial charge is 0.404 e. The first-order valence-electron chi connectivity index (χ1n) is 10.6. The topological polar surface area (TPSA) is 166 Å². The Morgan fingerprint density at radius 3 is 2.58 bits per heavy atom. The number of amides is 3. The molecular weight excluding hydrogens is 488 g/mol. The number of aromatic nitrogens is 3.